The van der Waals surface area contributed by atoms with E-state index in [0.29, 0.717) is 30.2 Å². The smallest absolute Gasteiger partial charge is 0.261 e. The van der Waals surface area contributed by atoms with Crippen LogP contribution in [0.5, 0.6) is 0 Å². The van der Waals surface area contributed by atoms with Gasteiger partial charge in [-0.05, 0) is 6.54 Å². The van der Waals surface area contributed by atoms with Crippen LogP contribution < -0.4 is 5.73 Å². The second kappa shape index (κ2) is 3.93. The average molecular weight is 191 g/mol. The van der Waals surface area contributed by atoms with E-state index >= 15 is 0 Å². The first-order valence-electron chi connectivity index (χ1n) is 4.18. The fourth-order valence-electron chi connectivity index (χ4n) is 1.01. The summed E-state index contributed by atoms with van der Waals surface area (Å²) < 4.78 is 5.01. The molecule has 2 aromatic heterocycles. The molecule has 14 heavy (non-hydrogen) atoms. The van der Waals surface area contributed by atoms with Gasteiger partial charge in [-0.1, -0.05) is 5.16 Å². The summed E-state index contributed by atoms with van der Waals surface area (Å²) in [6, 6.07) is 0. The molecule has 72 valence electrons. The zero-order valence-electron chi connectivity index (χ0n) is 7.42. The minimum Gasteiger partial charge on any atom is -0.334 e. The van der Waals surface area contributed by atoms with Crippen LogP contribution in [0.3, 0.4) is 0 Å². The molecule has 2 heterocycles. The Morgan fingerprint density at radius 2 is 2.07 bits per heavy atom. The normalized spacial score (nSPS) is 10.4. The van der Waals surface area contributed by atoms with Gasteiger partial charge in [0.2, 0.25) is 0 Å². The Hall–Kier alpha value is -1.82. The van der Waals surface area contributed by atoms with E-state index in [2.05, 4.69) is 20.1 Å². The van der Waals surface area contributed by atoms with E-state index in [9.17, 15) is 0 Å². The van der Waals surface area contributed by atoms with Gasteiger partial charge in [0.05, 0.1) is 5.56 Å². The number of nitrogens with two attached hydrogens (primary N) is 1. The van der Waals surface area contributed by atoms with E-state index in [0.717, 1.165) is 0 Å². The second-order valence-corrected chi connectivity index (χ2v) is 2.68. The molecule has 0 saturated heterocycles. The monoisotopic (exact) mass is 191 g/mol. The molecule has 0 bridgehead atoms. The van der Waals surface area contributed by atoms with E-state index in [-0.39, 0.29) is 0 Å². The first-order chi connectivity index (χ1) is 6.90. The number of rotatable bonds is 3. The standard InChI is InChI=1S/C8H9N5O/c9-2-1-7-12-8(14-13-7)6-3-10-5-11-4-6/h3-5H,1-2,9H2. The molecule has 0 radical (unpaired) electrons. The SMILES string of the molecule is NCCc1noc(-c2cncnc2)n1. The maximum atomic E-state index is 5.36. The summed E-state index contributed by atoms with van der Waals surface area (Å²) in [6.45, 7) is 0.504. The van der Waals surface area contributed by atoms with Crippen molar-refractivity contribution in [2.45, 2.75) is 6.42 Å². The summed E-state index contributed by atoms with van der Waals surface area (Å²) in [6.07, 6.45) is 5.29. The highest BCUT2D eigenvalue weighted by Gasteiger charge is 2.07. The van der Waals surface area contributed by atoms with Gasteiger partial charge in [-0.2, -0.15) is 4.98 Å². The van der Waals surface area contributed by atoms with Crippen LogP contribution in [-0.4, -0.2) is 26.7 Å². The van der Waals surface area contributed by atoms with Gasteiger partial charge < -0.3 is 10.3 Å². The average Bonchev–Trinajstić information content (AvgIpc) is 2.68. The largest absolute Gasteiger partial charge is 0.334 e. The molecule has 2 N–H and O–H groups in total. The summed E-state index contributed by atoms with van der Waals surface area (Å²) in [7, 11) is 0. The lowest BCUT2D eigenvalue weighted by Gasteiger charge is -1.88. The summed E-state index contributed by atoms with van der Waals surface area (Å²) in [4.78, 5) is 11.8. The van der Waals surface area contributed by atoms with Gasteiger partial charge in [-0.15, -0.1) is 0 Å². The molecule has 0 spiro atoms. The summed E-state index contributed by atoms with van der Waals surface area (Å²) in [5.41, 5.74) is 6.07. The zero-order valence-corrected chi connectivity index (χ0v) is 7.42. The quantitative estimate of drug-likeness (QED) is 0.735. The highest BCUT2D eigenvalue weighted by atomic mass is 16.5. The predicted molar refractivity (Wildman–Crippen MR) is 48.1 cm³/mol. The van der Waals surface area contributed by atoms with E-state index in [1.807, 2.05) is 0 Å². The van der Waals surface area contributed by atoms with Gasteiger partial charge in [-0.25, -0.2) is 9.97 Å². The van der Waals surface area contributed by atoms with E-state index in [4.69, 9.17) is 10.3 Å². The van der Waals surface area contributed by atoms with Gasteiger partial charge >= 0.3 is 0 Å². The molecule has 0 aliphatic carbocycles. The molecule has 6 heteroatoms. The van der Waals surface area contributed by atoms with Crippen molar-refractivity contribution >= 4 is 0 Å². The number of hydrogen-bond acceptors (Lipinski definition) is 6. The van der Waals surface area contributed by atoms with Crippen LogP contribution in [0.2, 0.25) is 0 Å². The van der Waals surface area contributed by atoms with Crippen molar-refractivity contribution in [2.75, 3.05) is 6.54 Å². The maximum absolute atomic E-state index is 5.36. The van der Waals surface area contributed by atoms with Crippen LogP contribution in [-0.2, 0) is 6.42 Å². The van der Waals surface area contributed by atoms with Crippen LogP contribution >= 0.6 is 0 Å². The first-order valence-corrected chi connectivity index (χ1v) is 4.18. The van der Waals surface area contributed by atoms with Crippen molar-refractivity contribution in [2.24, 2.45) is 5.73 Å². The van der Waals surface area contributed by atoms with Gasteiger partial charge in [0.1, 0.15) is 6.33 Å². The van der Waals surface area contributed by atoms with Crippen LogP contribution in [0.4, 0.5) is 0 Å². The highest BCUT2D eigenvalue weighted by molar-refractivity contribution is 5.48. The fourth-order valence-corrected chi connectivity index (χ4v) is 1.01. The van der Waals surface area contributed by atoms with Crippen molar-refractivity contribution < 1.29 is 4.52 Å². The summed E-state index contributed by atoms with van der Waals surface area (Å²) >= 11 is 0. The topological polar surface area (TPSA) is 90.7 Å². The van der Waals surface area contributed by atoms with E-state index in [1.165, 1.54) is 6.33 Å². The molecular formula is C8H9N5O. The van der Waals surface area contributed by atoms with E-state index in [1.54, 1.807) is 12.4 Å². The molecule has 6 nitrogen and oxygen atoms in total. The van der Waals surface area contributed by atoms with Crippen LogP contribution in [0.25, 0.3) is 11.5 Å². The van der Waals surface area contributed by atoms with Crippen LogP contribution in [0.1, 0.15) is 5.82 Å². The third-order valence-electron chi connectivity index (χ3n) is 1.64. The lowest BCUT2D eigenvalue weighted by atomic mass is 10.3. The molecule has 0 aromatic carbocycles. The summed E-state index contributed by atoms with van der Waals surface area (Å²) in [5.74, 6) is 1.03. The maximum Gasteiger partial charge on any atom is 0.261 e. The minimum absolute atomic E-state index is 0.425. The van der Waals surface area contributed by atoms with Gasteiger partial charge in [0.25, 0.3) is 5.89 Å². The Morgan fingerprint density at radius 3 is 2.79 bits per heavy atom. The Morgan fingerprint density at radius 1 is 1.29 bits per heavy atom. The van der Waals surface area contributed by atoms with Crippen molar-refractivity contribution in [1.82, 2.24) is 20.1 Å². The lowest BCUT2D eigenvalue weighted by Crippen LogP contribution is -2.03. The Labute approximate surface area is 80.2 Å². The van der Waals surface area contributed by atoms with Crippen LogP contribution in [0.15, 0.2) is 23.2 Å². The molecule has 2 rings (SSSR count). The second-order valence-electron chi connectivity index (χ2n) is 2.68. The predicted octanol–water partition coefficient (Wildman–Crippen LogP) is 0.0278. The Kier molecular flexibility index (Phi) is 2.46. The number of nitrogens with zero attached hydrogens (tertiary/aromatic N) is 4. The molecule has 2 aromatic rings. The molecular weight excluding hydrogens is 182 g/mol. The number of aromatic nitrogens is 4. The lowest BCUT2D eigenvalue weighted by molar-refractivity contribution is 0.422. The van der Waals surface area contributed by atoms with Crippen molar-refractivity contribution in [3.05, 3.63) is 24.5 Å². The van der Waals surface area contributed by atoms with Crippen molar-refractivity contribution in [1.29, 1.82) is 0 Å². The fraction of sp³-hybridized carbons (Fsp3) is 0.250. The zero-order chi connectivity index (χ0) is 9.80. The highest BCUT2D eigenvalue weighted by Crippen LogP contribution is 2.13. The van der Waals surface area contributed by atoms with Crippen molar-refractivity contribution in [3.63, 3.8) is 0 Å². The number of hydrogen-bond donors (Lipinski definition) is 1. The molecule has 0 aliphatic rings. The third-order valence-corrected chi connectivity index (χ3v) is 1.64. The molecule has 0 aliphatic heterocycles. The van der Waals surface area contributed by atoms with Gasteiger partial charge in [0.15, 0.2) is 5.82 Å². The molecule has 0 atom stereocenters. The minimum atomic E-state index is 0.425. The Balaban J connectivity index is 2.25. The molecule has 0 saturated carbocycles. The molecule has 0 fully saturated rings. The summed E-state index contributed by atoms with van der Waals surface area (Å²) in [5, 5.41) is 3.76. The molecule has 0 unspecified atom stereocenters. The first kappa shape index (κ1) is 8.76. The van der Waals surface area contributed by atoms with Crippen LogP contribution in [0, 0.1) is 0 Å². The third kappa shape index (κ3) is 1.74. The molecule has 0 amide bonds. The Bertz CT molecular complexity index is 399. The van der Waals surface area contributed by atoms with Gasteiger partial charge in [-0.3, -0.25) is 0 Å². The van der Waals surface area contributed by atoms with Crippen molar-refractivity contribution in [3.8, 4) is 11.5 Å². The van der Waals surface area contributed by atoms with E-state index < -0.39 is 0 Å². The van der Waals surface area contributed by atoms with Gasteiger partial charge in [0, 0.05) is 18.8 Å².